The van der Waals surface area contributed by atoms with E-state index >= 15 is 0 Å². The van der Waals surface area contributed by atoms with E-state index in [1.54, 1.807) is 0 Å². The number of hydrazine groups is 1. The summed E-state index contributed by atoms with van der Waals surface area (Å²) in [5, 5.41) is 0. The largest absolute Gasteiger partial charge is 0.493 e. The number of carbonyl (C=O) groups is 1. The fourth-order valence-corrected chi connectivity index (χ4v) is 3.24. The van der Waals surface area contributed by atoms with Crippen molar-refractivity contribution < 1.29 is 14.3 Å². The molecule has 0 aliphatic carbocycles. The number of carbonyl (C=O) groups excluding carboxylic acids is 1. The summed E-state index contributed by atoms with van der Waals surface area (Å²) < 4.78 is 11.1. The lowest BCUT2D eigenvalue weighted by atomic mass is 9.86. The van der Waals surface area contributed by atoms with Crippen molar-refractivity contribution in [2.75, 3.05) is 13.2 Å². The van der Waals surface area contributed by atoms with Crippen molar-refractivity contribution >= 4 is 5.97 Å². The molecule has 1 fully saturated rings. The van der Waals surface area contributed by atoms with Crippen LogP contribution in [0.1, 0.15) is 36.1 Å². The van der Waals surface area contributed by atoms with E-state index < -0.39 is 0 Å². The zero-order valence-electron chi connectivity index (χ0n) is 12.7. The van der Waals surface area contributed by atoms with Crippen LogP contribution in [-0.4, -0.2) is 25.2 Å². The van der Waals surface area contributed by atoms with E-state index in [2.05, 4.69) is 36.8 Å². The summed E-state index contributed by atoms with van der Waals surface area (Å²) in [7, 11) is 0. The van der Waals surface area contributed by atoms with E-state index in [-0.39, 0.29) is 24.0 Å². The number of fused-ring (bicyclic) bond motifs is 3. The minimum atomic E-state index is -0.314. The van der Waals surface area contributed by atoms with Gasteiger partial charge >= 0.3 is 5.97 Å². The molecule has 0 saturated carbocycles. The maximum absolute atomic E-state index is 12.1. The van der Waals surface area contributed by atoms with Gasteiger partial charge in [-0.15, -0.1) is 0 Å². The van der Waals surface area contributed by atoms with Gasteiger partial charge in [0.1, 0.15) is 11.8 Å². The van der Waals surface area contributed by atoms with E-state index in [9.17, 15) is 4.79 Å². The highest BCUT2D eigenvalue weighted by molar-refractivity contribution is 5.77. The van der Waals surface area contributed by atoms with Gasteiger partial charge in [-0.1, -0.05) is 12.1 Å². The van der Waals surface area contributed by atoms with E-state index in [0.29, 0.717) is 13.2 Å². The molecule has 5 heteroatoms. The second-order valence-corrected chi connectivity index (χ2v) is 5.72. The molecule has 0 bridgehead atoms. The summed E-state index contributed by atoms with van der Waals surface area (Å²) >= 11 is 0. The Morgan fingerprint density at radius 1 is 1.38 bits per heavy atom. The van der Waals surface area contributed by atoms with Crippen molar-refractivity contribution in [2.24, 2.45) is 5.92 Å². The molecule has 5 nitrogen and oxygen atoms in total. The second kappa shape index (κ2) is 5.66. The maximum Gasteiger partial charge on any atom is 0.324 e. The number of ether oxygens (including phenoxy) is 2. The molecule has 0 spiro atoms. The maximum atomic E-state index is 12.1. The van der Waals surface area contributed by atoms with Gasteiger partial charge in [-0.05, 0) is 38.3 Å². The van der Waals surface area contributed by atoms with Gasteiger partial charge < -0.3 is 9.47 Å². The van der Waals surface area contributed by atoms with Crippen LogP contribution in [0.5, 0.6) is 5.75 Å². The van der Waals surface area contributed by atoms with Crippen molar-refractivity contribution in [2.45, 2.75) is 39.3 Å². The van der Waals surface area contributed by atoms with E-state index in [0.717, 1.165) is 17.7 Å². The Balaban J connectivity index is 1.93. The van der Waals surface area contributed by atoms with Crippen LogP contribution in [0, 0.1) is 19.8 Å². The third-order valence-corrected chi connectivity index (χ3v) is 4.53. The summed E-state index contributed by atoms with van der Waals surface area (Å²) in [6.45, 7) is 7.02. The Labute approximate surface area is 125 Å². The van der Waals surface area contributed by atoms with Gasteiger partial charge in [0.15, 0.2) is 0 Å². The second-order valence-electron chi connectivity index (χ2n) is 5.72. The Kier molecular flexibility index (Phi) is 3.87. The average molecular weight is 290 g/mol. The van der Waals surface area contributed by atoms with Crippen LogP contribution in [0.15, 0.2) is 12.1 Å². The van der Waals surface area contributed by atoms with Crippen LogP contribution >= 0.6 is 0 Å². The molecular weight excluding hydrogens is 268 g/mol. The Bertz CT molecular complexity index is 559. The van der Waals surface area contributed by atoms with Gasteiger partial charge in [0.05, 0.1) is 19.3 Å². The molecule has 1 aromatic rings. The molecule has 1 aromatic carbocycles. The smallest absolute Gasteiger partial charge is 0.324 e. The number of nitrogens with one attached hydrogen (secondary N) is 2. The number of rotatable bonds is 2. The Hall–Kier alpha value is -1.59. The van der Waals surface area contributed by atoms with Crippen LogP contribution in [0.2, 0.25) is 0 Å². The Morgan fingerprint density at radius 3 is 2.95 bits per heavy atom. The molecule has 3 rings (SSSR count). The van der Waals surface area contributed by atoms with Gasteiger partial charge in [-0.25, -0.2) is 10.9 Å². The van der Waals surface area contributed by atoms with Crippen LogP contribution in [0.25, 0.3) is 0 Å². The number of benzene rings is 1. The molecule has 3 unspecified atom stereocenters. The number of aryl methyl sites for hydroxylation is 1. The van der Waals surface area contributed by atoms with Crippen LogP contribution < -0.4 is 15.6 Å². The highest BCUT2D eigenvalue weighted by atomic mass is 16.5. The van der Waals surface area contributed by atoms with Crippen molar-refractivity contribution in [3.63, 3.8) is 0 Å². The molecule has 114 valence electrons. The average Bonchev–Trinajstić information content (AvgIpc) is 2.79. The number of esters is 1. The predicted molar refractivity (Wildman–Crippen MR) is 79.0 cm³/mol. The molecule has 2 aliphatic heterocycles. The molecule has 2 aliphatic rings. The number of hydrogen-bond donors (Lipinski definition) is 2. The highest BCUT2D eigenvalue weighted by Gasteiger charge is 2.43. The molecule has 1 saturated heterocycles. The van der Waals surface area contributed by atoms with Crippen molar-refractivity contribution in [3.05, 3.63) is 28.8 Å². The fraction of sp³-hybridized carbons (Fsp3) is 0.562. The lowest BCUT2D eigenvalue weighted by Gasteiger charge is -2.20. The fourth-order valence-electron chi connectivity index (χ4n) is 3.24. The SMILES string of the molecule is CCOC(=O)C1NNC2c3ccc(C)c(C)c3OCCC12. The van der Waals surface area contributed by atoms with Gasteiger partial charge in [0.2, 0.25) is 0 Å². The third kappa shape index (κ3) is 2.40. The summed E-state index contributed by atoms with van der Waals surface area (Å²) in [5.41, 5.74) is 9.89. The standard InChI is InChI=1S/C16H22N2O3/c1-4-20-16(19)14-11-7-8-21-15-10(3)9(2)5-6-12(15)13(11)17-18-14/h5-6,11,13-14,17-18H,4,7-8H2,1-3H3. The molecule has 0 aromatic heterocycles. The zero-order valence-corrected chi connectivity index (χ0v) is 12.7. The van der Waals surface area contributed by atoms with Crippen LogP contribution in [-0.2, 0) is 9.53 Å². The first kappa shape index (κ1) is 14.4. The molecular formula is C16H22N2O3. The highest BCUT2D eigenvalue weighted by Crippen LogP contribution is 2.41. The topological polar surface area (TPSA) is 59.6 Å². The zero-order chi connectivity index (χ0) is 15.0. The van der Waals surface area contributed by atoms with Crippen molar-refractivity contribution in [1.82, 2.24) is 10.9 Å². The molecule has 21 heavy (non-hydrogen) atoms. The summed E-state index contributed by atoms with van der Waals surface area (Å²) in [4.78, 5) is 12.1. The van der Waals surface area contributed by atoms with Crippen molar-refractivity contribution in [3.8, 4) is 5.75 Å². The lowest BCUT2D eigenvalue weighted by Crippen LogP contribution is -2.40. The molecule has 2 heterocycles. The number of hydrogen-bond acceptors (Lipinski definition) is 5. The lowest BCUT2D eigenvalue weighted by molar-refractivity contribution is -0.146. The first-order chi connectivity index (χ1) is 10.1. The molecule has 0 amide bonds. The minimum Gasteiger partial charge on any atom is -0.493 e. The summed E-state index contributed by atoms with van der Waals surface area (Å²) in [6.07, 6.45) is 0.821. The van der Waals surface area contributed by atoms with Crippen LogP contribution in [0.3, 0.4) is 0 Å². The summed E-state index contributed by atoms with van der Waals surface area (Å²) in [5.74, 6) is 0.915. The van der Waals surface area contributed by atoms with Crippen LogP contribution in [0.4, 0.5) is 0 Å². The van der Waals surface area contributed by atoms with Gasteiger partial charge in [0.25, 0.3) is 0 Å². The van der Waals surface area contributed by atoms with Gasteiger partial charge in [0, 0.05) is 11.5 Å². The van der Waals surface area contributed by atoms with E-state index in [1.165, 1.54) is 11.1 Å². The molecule has 3 atom stereocenters. The Morgan fingerprint density at radius 2 is 2.19 bits per heavy atom. The van der Waals surface area contributed by atoms with Gasteiger partial charge in [-0.3, -0.25) is 4.79 Å². The first-order valence-electron chi connectivity index (χ1n) is 7.54. The molecule has 2 N–H and O–H groups in total. The predicted octanol–water partition coefficient (Wildman–Crippen LogP) is 1.78. The minimum absolute atomic E-state index is 0.0798. The quantitative estimate of drug-likeness (QED) is 0.813. The first-order valence-corrected chi connectivity index (χ1v) is 7.54. The normalized spacial score (nSPS) is 27.3. The van der Waals surface area contributed by atoms with Gasteiger partial charge in [-0.2, -0.15) is 0 Å². The monoisotopic (exact) mass is 290 g/mol. The van der Waals surface area contributed by atoms with E-state index in [4.69, 9.17) is 9.47 Å². The third-order valence-electron chi connectivity index (χ3n) is 4.53. The van der Waals surface area contributed by atoms with E-state index in [1.807, 2.05) is 6.92 Å². The summed E-state index contributed by atoms with van der Waals surface area (Å²) in [6, 6.07) is 3.98. The molecule has 0 radical (unpaired) electrons. The van der Waals surface area contributed by atoms with Crippen molar-refractivity contribution in [1.29, 1.82) is 0 Å².